The molecule has 1 aromatic heterocycles. The van der Waals surface area contributed by atoms with Gasteiger partial charge in [-0.1, -0.05) is 6.42 Å². The maximum absolute atomic E-state index is 11.5. The third-order valence-electron chi connectivity index (χ3n) is 2.75. The van der Waals surface area contributed by atoms with Gasteiger partial charge in [-0.2, -0.15) is 11.3 Å². The Bertz CT molecular complexity index is 418. The van der Waals surface area contributed by atoms with Crippen molar-refractivity contribution in [3.05, 3.63) is 21.9 Å². The molecular formula is C13H20N2O3S. The summed E-state index contributed by atoms with van der Waals surface area (Å²) in [5.74, 6) is -0.767. The molecule has 1 aromatic rings. The van der Waals surface area contributed by atoms with Crippen molar-refractivity contribution >= 4 is 23.3 Å². The van der Waals surface area contributed by atoms with Crippen molar-refractivity contribution in [1.82, 2.24) is 10.6 Å². The van der Waals surface area contributed by atoms with Crippen molar-refractivity contribution in [1.29, 1.82) is 0 Å². The van der Waals surface area contributed by atoms with Gasteiger partial charge in [0.15, 0.2) is 0 Å². The molecule has 0 saturated carbocycles. The number of aryl methyl sites for hydroxylation is 1. The van der Waals surface area contributed by atoms with Gasteiger partial charge in [0.05, 0.1) is 0 Å². The second-order valence-electron chi connectivity index (χ2n) is 4.39. The maximum Gasteiger partial charge on any atom is 0.315 e. The van der Waals surface area contributed by atoms with Crippen molar-refractivity contribution in [2.24, 2.45) is 0 Å². The van der Waals surface area contributed by atoms with Crippen LogP contribution in [0.1, 0.15) is 36.8 Å². The molecule has 0 aromatic carbocycles. The van der Waals surface area contributed by atoms with Crippen molar-refractivity contribution in [2.45, 2.75) is 39.2 Å². The second-order valence-corrected chi connectivity index (χ2v) is 5.14. The molecule has 5 nitrogen and oxygen atoms in total. The highest BCUT2D eigenvalue weighted by Crippen LogP contribution is 2.12. The number of urea groups is 1. The van der Waals surface area contributed by atoms with E-state index in [1.165, 1.54) is 5.56 Å². The minimum atomic E-state index is -0.767. The molecule has 2 amide bonds. The van der Waals surface area contributed by atoms with Gasteiger partial charge in [-0.3, -0.25) is 4.79 Å². The van der Waals surface area contributed by atoms with Crippen LogP contribution in [0.3, 0.4) is 0 Å². The molecule has 0 bridgehead atoms. The Morgan fingerprint density at radius 2 is 2.00 bits per heavy atom. The lowest BCUT2D eigenvalue weighted by atomic mass is 10.2. The van der Waals surface area contributed by atoms with E-state index in [0.29, 0.717) is 19.5 Å². The summed E-state index contributed by atoms with van der Waals surface area (Å²) < 4.78 is 0. The van der Waals surface area contributed by atoms with E-state index in [1.54, 1.807) is 11.3 Å². The molecule has 0 radical (unpaired) electrons. The summed E-state index contributed by atoms with van der Waals surface area (Å²) in [6.07, 6.45) is 2.48. The smallest absolute Gasteiger partial charge is 0.315 e. The number of unbranched alkanes of at least 4 members (excludes halogenated alkanes) is 2. The summed E-state index contributed by atoms with van der Waals surface area (Å²) in [7, 11) is 0. The van der Waals surface area contributed by atoms with Gasteiger partial charge in [0.25, 0.3) is 0 Å². The molecule has 0 aliphatic rings. The third-order valence-corrected chi connectivity index (χ3v) is 3.66. The normalized spacial score (nSPS) is 10.2. The summed E-state index contributed by atoms with van der Waals surface area (Å²) in [6.45, 7) is 3.14. The predicted octanol–water partition coefficient (Wildman–Crippen LogP) is 2.50. The standard InChI is InChI=1S/C13H20N2O3S/c1-10-8-19-9-11(10)7-15-13(18)14-6-4-2-3-5-12(16)17/h8-9H,2-7H2,1H3,(H,16,17)(H2,14,15,18). The summed E-state index contributed by atoms with van der Waals surface area (Å²) in [5.41, 5.74) is 2.33. The highest BCUT2D eigenvalue weighted by molar-refractivity contribution is 7.08. The van der Waals surface area contributed by atoms with Crippen LogP contribution in [-0.4, -0.2) is 23.7 Å². The van der Waals surface area contributed by atoms with Crippen LogP contribution in [0.5, 0.6) is 0 Å². The quantitative estimate of drug-likeness (QED) is 0.642. The first kappa shape index (κ1) is 15.5. The zero-order valence-corrected chi connectivity index (χ0v) is 11.9. The number of nitrogens with one attached hydrogen (secondary N) is 2. The number of rotatable bonds is 8. The maximum atomic E-state index is 11.5. The van der Waals surface area contributed by atoms with E-state index in [0.717, 1.165) is 18.4 Å². The molecule has 1 rings (SSSR count). The number of thiophene rings is 1. The lowest BCUT2D eigenvalue weighted by Gasteiger charge is -2.07. The van der Waals surface area contributed by atoms with Crippen LogP contribution in [0, 0.1) is 6.92 Å². The monoisotopic (exact) mass is 284 g/mol. The Labute approximate surface area is 117 Å². The zero-order chi connectivity index (χ0) is 14.1. The van der Waals surface area contributed by atoms with Gasteiger partial charge in [0.1, 0.15) is 0 Å². The van der Waals surface area contributed by atoms with Gasteiger partial charge >= 0.3 is 12.0 Å². The minimum Gasteiger partial charge on any atom is -0.481 e. The molecule has 0 fully saturated rings. The number of hydrogen-bond acceptors (Lipinski definition) is 3. The number of carbonyl (C=O) groups excluding carboxylic acids is 1. The highest BCUT2D eigenvalue weighted by Gasteiger charge is 2.03. The molecule has 19 heavy (non-hydrogen) atoms. The lowest BCUT2D eigenvalue weighted by Crippen LogP contribution is -2.35. The Kier molecular flexibility index (Phi) is 6.95. The molecule has 0 spiro atoms. The van der Waals surface area contributed by atoms with Gasteiger partial charge in [-0.25, -0.2) is 4.79 Å². The summed E-state index contributed by atoms with van der Waals surface area (Å²) in [5, 5.41) is 18.1. The molecule has 1 heterocycles. The molecular weight excluding hydrogens is 264 g/mol. The van der Waals surface area contributed by atoms with Crippen molar-refractivity contribution in [3.63, 3.8) is 0 Å². The average Bonchev–Trinajstić information content (AvgIpc) is 2.76. The molecule has 0 aliphatic carbocycles. The number of carboxylic acids is 1. The zero-order valence-electron chi connectivity index (χ0n) is 11.1. The van der Waals surface area contributed by atoms with Gasteiger partial charge in [-0.15, -0.1) is 0 Å². The first-order valence-electron chi connectivity index (χ1n) is 6.34. The Morgan fingerprint density at radius 1 is 1.21 bits per heavy atom. The van der Waals surface area contributed by atoms with Gasteiger partial charge in [0, 0.05) is 19.5 Å². The van der Waals surface area contributed by atoms with E-state index in [4.69, 9.17) is 5.11 Å². The van der Waals surface area contributed by atoms with Gasteiger partial charge < -0.3 is 15.7 Å². The van der Waals surface area contributed by atoms with E-state index in [1.807, 2.05) is 12.3 Å². The first-order chi connectivity index (χ1) is 9.09. The largest absolute Gasteiger partial charge is 0.481 e. The van der Waals surface area contributed by atoms with E-state index in [-0.39, 0.29) is 12.5 Å². The number of amides is 2. The fraction of sp³-hybridized carbons (Fsp3) is 0.538. The van der Waals surface area contributed by atoms with Crippen LogP contribution in [0.4, 0.5) is 4.79 Å². The Morgan fingerprint density at radius 3 is 2.63 bits per heavy atom. The average molecular weight is 284 g/mol. The molecule has 6 heteroatoms. The van der Waals surface area contributed by atoms with Gasteiger partial charge in [0.2, 0.25) is 0 Å². The molecule has 3 N–H and O–H groups in total. The third kappa shape index (κ3) is 6.81. The van der Waals surface area contributed by atoms with E-state index in [9.17, 15) is 9.59 Å². The molecule has 0 unspecified atom stereocenters. The van der Waals surface area contributed by atoms with Crippen LogP contribution in [-0.2, 0) is 11.3 Å². The minimum absolute atomic E-state index is 0.177. The molecule has 0 aliphatic heterocycles. The number of carbonyl (C=O) groups is 2. The van der Waals surface area contributed by atoms with Crippen LogP contribution in [0.2, 0.25) is 0 Å². The van der Waals surface area contributed by atoms with Crippen LogP contribution in [0.15, 0.2) is 10.8 Å². The van der Waals surface area contributed by atoms with Gasteiger partial charge in [-0.05, 0) is 41.7 Å². The SMILES string of the molecule is Cc1cscc1CNC(=O)NCCCCCC(=O)O. The fourth-order valence-corrected chi connectivity index (χ4v) is 2.44. The second kappa shape index (κ2) is 8.53. The first-order valence-corrected chi connectivity index (χ1v) is 7.29. The van der Waals surface area contributed by atoms with Crippen LogP contribution >= 0.6 is 11.3 Å². The Balaban J connectivity index is 2.02. The number of aliphatic carboxylic acids is 1. The molecule has 106 valence electrons. The fourth-order valence-electron chi connectivity index (χ4n) is 1.59. The summed E-state index contributed by atoms with van der Waals surface area (Å²) >= 11 is 1.63. The van der Waals surface area contributed by atoms with E-state index in [2.05, 4.69) is 16.0 Å². The topological polar surface area (TPSA) is 78.4 Å². The van der Waals surface area contributed by atoms with Crippen LogP contribution < -0.4 is 10.6 Å². The summed E-state index contributed by atoms with van der Waals surface area (Å²) in [4.78, 5) is 21.8. The number of carboxylic acid groups (broad SMARTS) is 1. The predicted molar refractivity (Wildman–Crippen MR) is 75.4 cm³/mol. The van der Waals surface area contributed by atoms with E-state index < -0.39 is 5.97 Å². The number of hydrogen-bond donors (Lipinski definition) is 3. The summed E-state index contributed by atoms with van der Waals surface area (Å²) in [6, 6.07) is -0.177. The van der Waals surface area contributed by atoms with E-state index >= 15 is 0 Å². The highest BCUT2D eigenvalue weighted by atomic mass is 32.1. The lowest BCUT2D eigenvalue weighted by molar-refractivity contribution is -0.137. The van der Waals surface area contributed by atoms with Crippen molar-refractivity contribution in [3.8, 4) is 0 Å². The Hall–Kier alpha value is -1.56. The van der Waals surface area contributed by atoms with Crippen molar-refractivity contribution < 1.29 is 14.7 Å². The molecule has 0 atom stereocenters. The molecule has 0 saturated heterocycles. The van der Waals surface area contributed by atoms with Crippen molar-refractivity contribution in [2.75, 3.05) is 6.54 Å². The van der Waals surface area contributed by atoms with Crippen LogP contribution in [0.25, 0.3) is 0 Å².